The number of fused-ring (bicyclic) bond motifs is 3. The maximum absolute atomic E-state index is 5.39. The van der Waals surface area contributed by atoms with Crippen LogP contribution in [0.3, 0.4) is 0 Å². The highest BCUT2D eigenvalue weighted by molar-refractivity contribution is 5.80. The van der Waals surface area contributed by atoms with E-state index in [4.69, 9.17) is 4.74 Å². The quantitative estimate of drug-likeness (QED) is 0.393. The lowest BCUT2D eigenvalue weighted by molar-refractivity contribution is 0.414. The molecule has 5 rings (SSSR count). The van der Waals surface area contributed by atoms with Crippen LogP contribution in [-0.4, -0.2) is 12.1 Å². The zero-order valence-corrected chi connectivity index (χ0v) is 15.2. The van der Waals surface area contributed by atoms with Crippen LogP contribution >= 0.6 is 0 Å². The van der Waals surface area contributed by atoms with Gasteiger partial charge in [0.2, 0.25) is 0 Å². The van der Waals surface area contributed by atoms with Crippen LogP contribution in [0.2, 0.25) is 0 Å². The zero-order chi connectivity index (χ0) is 18.5. The third-order valence-corrected chi connectivity index (χ3v) is 4.83. The maximum atomic E-state index is 5.39. The van der Waals surface area contributed by atoms with Crippen molar-refractivity contribution >= 4 is 0 Å². The summed E-state index contributed by atoms with van der Waals surface area (Å²) in [5.41, 5.74) is 6.74. The van der Waals surface area contributed by atoms with Gasteiger partial charge in [0.15, 0.2) is 0 Å². The molecule has 0 amide bonds. The van der Waals surface area contributed by atoms with E-state index in [1.165, 1.54) is 27.8 Å². The number of ether oxygens (including phenoxy) is 1. The first-order valence-corrected chi connectivity index (χ1v) is 9.05. The molecule has 1 aliphatic rings. The number of nitrogens with zero attached hydrogens (tertiary/aromatic N) is 1. The van der Waals surface area contributed by atoms with Gasteiger partial charge in [0.25, 0.3) is 0 Å². The molecule has 0 unspecified atom stereocenters. The van der Waals surface area contributed by atoms with Crippen LogP contribution in [0.25, 0.3) is 11.1 Å². The molecule has 0 saturated heterocycles. The predicted octanol–water partition coefficient (Wildman–Crippen LogP) is 5.94. The van der Waals surface area contributed by atoms with Crippen LogP contribution < -0.4 is 4.74 Å². The van der Waals surface area contributed by atoms with Crippen LogP contribution in [0, 0.1) is 0 Å². The van der Waals surface area contributed by atoms with Crippen LogP contribution in [0.15, 0.2) is 103 Å². The predicted molar refractivity (Wildman–Crippen MR) is 110 cm³/mol. The van der Waals surface area contributed by atoms with Gasteiger partial charge in [-0.05, 0) is 52.1 Å². The highest BCUT2D eigenvalue weighted by Crippen LogP contribution is 2.47. The van der Waals surface area contributed by atoms with E-state index in [0.717, 1.165) is 5.75 Å². The van der Waals surface area contributed by atoms with Crippen molar-refractivity contribution in [3.05, 3.63) is 120 Å². The second-order valence-electron chi connectivity index (χ2n) is 6.41. The molecule has 2 heteroatoms. The molecule has 0 aliphatic heterocycles. The molecule has 0 atom stereocenters. The molecule has 3 aromatic carbocycles. The Kier molecular flexibility index (Phi) is 4.97. The summed E-state index contributed by atoms with van der Waals surface area (Å²) in [6.45, 7) is 0. The van der Waals surface area contributed by atoms with E-state index < -0.39 is 0 Å². The number of methoxy groups -OCH3 is 1. The summed E-state index contributed by atoms with van der Waals surface area (Å²) in [6, 6.07) is 31.5. The Bertz CT molecular complexity index is 955. The number of pyridine rings is 1. The molecule has 0 saturated carbocycles. The smallest absolute Gasteiger partial charge is 0.119 e. The van der Waals surface area contributed by atoms with Crippen LogP contribution in [-0.2, 0) is 0 Å². The van der Waals surface area contributed by atoms with Crippen molar-refractivity contribution in [1.29, 1.82) is 0 Å². The minimum atomic E-state index is 0.299. The number of benzene rings is 3. The van der Waals surface area contributed by atoms with Crippen molar-refractivity contribution in [3.8, 4) is 16.9 Å². The largest absolute Gasteiger partial charge is 0.497 e. The lowest BCUT2D eigenvalue weighted by Gasteiger charge is -2.15. The number of hydrogen-bond acceptors (Lipinski definition) is 2. The van der Waals surface area contributed by atoms with E-state index in [1.807, 2.05) is 24.3 Å². The Labute approximate surface area is 160 Å². The van der Waals surface area contributed by atoms with Crippen molar-refractivity contribution in [1.82, 2.24) is 4.98 Å². The Morgan fingerprint density at radius 1 is 0.667 bits per heavy atom. The SMILES string of the molecule is COc1cccc(C2c3ccccc3-c3ccccc32)c1.c1ccncc1. The van der Waals surface area contributed by atoms with Gasteiger partial charge in [-0.1, -0.05) is 66.7 Å². The molecule has 132 valence electrons. The second kappa shape index (κ2) is 7.88. The third-order valence-electron chi connectivity index (χ3n) is 4.83. The lowest BCUT2D eigenvalue weighted by atomic mass is 9.89. The Balaban J connectivity index is 0.000000257. The van der Waals surface area contributed by atoms with E-state index in [2.05, 4.69) is 71.7 Å². The van der Waals surface area contributed by atoms with Gasteiger partial charge < -0.3 is 4.74 Å². The summed E-state index contributed by atoms with van der Waals surface area (Å²) in [5, 5.41) is 0. The van der Waals surface area contributed by atoms with Gasteiger partial charge in [-0.25, -0.2) is 0 Å². The fourth-order valence-electron chi connectivity index (χ4n) is 3.65. The average Bonchev–Trinajstić information content (AvgIpc) is 3.10. The summed E-state index contributed by atoms with van der Waals surface area (Å²) in [7, 11) is 1.72. The monoisotopic (exact) mass is 351 g/mol. The van der Waals surface area contributed by atoms with E-state index in [1.54, 1.807) is 19.5 Å². The van der Waals surface area contributed by atoms with Gasteiger partial charge in [0, 0.05) is 18.3 Å². The van der Waals surface area contributed by atoms with Crippen LogP contribution in [0.5, 0.6) is 5.75 Å². The van der Waals surface area contributed by atoms with E-state index in [-0.39, 0.29) is 0 Å². The van der Waals surface area contributed by atoms with Crippen LogP contribution in [0.4, 0.5) is 0 Å². The summed E-state index contributed by atoms with van der Waals surface area (Å²) < 4.78 is 5.39. The molecule has 0 N–H and O–H groups in total. The first-order valence-electron chi connectivity index (χ1n) is 9.05. The van der Waals surface area contributed by atoms with Crippen molar-refractivity contribution in [2.45, 2.75) is 5.92 Å². The molecule has 1 heterocycles. The van der Waals surface area contributed by atoms with E-state index >= 15 is 0 Å². The number of hydrogen-bond donors (Lipinski definition) is 0. The first kappa shape index (κ1) is 17.0. The first-order chi connectivity index (χ1) is 13.4. The van der Waals surface area contributed by atoms with Crippen molar-refractivity contribution in [2.75, 3.05) is 7.11 Å². The minimum absolute atomic E-state index is 0.299. The average molecular weight is 351 g/mol. The Morgan fingerprint density at radius 2 is 1.30 bits per heavy atom. The molecular formula is C25H21NO. The Morgan fingerprint density at radius 3 is 1.81 bits per heavy atom. The summed E-state index contributed by atoms with van der Waals surface area (Å²) in [6.07, 6.45) is 3.50. The highest BCUT2D eigenvalue weighted by atomic mass is 16.5. The van der Waals surface area contributed by atoms with Gasteiger partial charge >= 0.3 is 0 Å². The highest BCUT2D eigenvalue weighted by Gasteiger charge is 2.29. The molecule has 2 nitrogen and oxygen atoms in total. The molecule has 0 bridgehead atoms. The summed E-state index contributed by atoms with van der Waals surface area (Å²) in [5.74, 6) is 1.21. The van der Waals surface area contributed by atoms with Crippen molar-refractivity contribution < 1.29 is 4.74 Å². The number of aromatic nitrogens is 1. The van der Waals surface area contributed by atoms with Gasteiger partial charge in [0.1, 0.15) is 5.75 Å². The lowest BCUT2D eigenvalue weighted by Crippen LogP contribution is -1.99. The second-order valence-corrected chi connectivity index (χ2v) is 6.41. The van der Waals surface area contributed by atoms with Gasteiger partial charge in [0.05, 0.1) is 7.11 Å². The summed E-state index contributed by atoms with van der Waals surface area (Å²) in [4.78, 5) is 3.78. The van der Waals surface area contributed by atoms with Crippen molar-refractivity contribution in [2.24, 2.45) is 0 Å². The molecule has 0 spiro atoms. The maximum Gasteiger partial charge on any atom is 0.119 e. The van der Waals surface area contributed by atoms with Gasteiger partial charge in [-0.3, -0.25) is 4.98 Å². The van der Waals surface area contributed by atoms with Crippen molar-refractivity contribution in [3.63, 3.8) is 0 Å². The molecule has 27 heavy (non-hydrogen) atoms. The standard InChI is InChI=1S/C20H16O.C5H5N/c1-21-15-8-6-7-14(13-15)20-18-11-4-2-9-16(18)17-10-3-5-12-19(17)20;1-2-4-6-5-3-1/h2-13,20H,1H3;1-5H. The topological polar surface area (TPSA) is 22.1 Å². The molecular weight excluding hydrogens is 330 g/mol. The molecule has 0 fully saturated rings. The Hall–Kier alpha value is -3.39. The fourth-order valence-corrected chi connectivity index (χ4v) is 3.65. The van der Waals surface area contributed by atoms with Gasteiger partial charge in [-0.2, -0.15) is 0 Å². The third kappa shape index (κ3) is 3.47. The normalized spacial score (nSPS) is 11.7. The molecule has 1 aliphatic carbocycles. The number of rotatable bonds is 2. The van der Waals surface area contributed by atoms with E-state index in [0.29, 0.717) is 5.92 Å². The fraction of sp³-hybridized carbons (Fsp3) is 0.0800. The molecule has 0 radical (unpaired) electrons. The molecule has 1 aromatic heterocycles. The van der Waals surface area contributed by atoms with E-state index in [9.17, 15) is 0 Å². The summed E-state index contributed by atoms with van der Waals surface area (Å²) >= 11 is 0. The van der Waals surface area contributed by atoms with Crippen LogP contribution in [0.1, 0.15) is 22.6 Å². The zero-order valence-electron chi connectivity index (χ0n) is 15.2. The molecule has 4 aromatic rings. The van der Waals surface area contributed by atoms with Gasteiger partial charge in [-0.15, -0.1) is 0 Å². The minimum Gasteiger partial charge on any atom is -0.497 e.